The summed E-state index contributed by atoms with van der Waals surface area (Å²) < 4.78 is 5.17. The van der Waals surface area contributed by atoms with Crippen LogP contribution in [0.15, 0.2) is 18.2 Å². The fourth-order valence-corrected chi connectivity index (χ4v) is 2.21. The third-order valence-corrected chi connectivity index (χ3v) is 3.19. The standard InChI is InChI=1S/C14H17NO4/c1-2-19-8-6-13(16)15-7-5-10-3-4-11(14(17)18)9-12(10)15/h3-4,9H,2,5-8H2,1H3,(H,17,18). The van der Waals surface area contributed by atoms with Crippen molar-refractivity contribution in [2.24, 2.45) is 0 Å². The monoisotopic (exact) mass is 263 g/mol. The topological polar surface area (TPSA) is 66.8 Å². The number of hydrogen-bond donors (Lipinski definition) is 1. The lowest BCUT2D eigenvalue weighted by Crippen LogP contribution is -2.29. The molecule has 19 heavy (non-hydrogen) atoms. The molecule has 0 saturated heterocycles. The van der Waals surface area contributed by atoms with Gasteiger partial charge in [0, 0.05) is 18.8 Å². The molecule has 5 heteroatoms. The van der Waals surface area contributed by atoms with Gasteiger partial charge in [0.15, 0.2) is 0 Å². The molecule has 0 spiro atoms. The van der Waals surface area contributed by atoms with Crippen molar-refractivity contribution >= 4 is 17.6 Å². The quantitative estimate of drug-likeness (QED) is 0.821. The summed E-state index contributed by atoms with van der Waals surface area (Å²) in [6.07, 6.45) is 1.10. The number of ether oxygens (including phenoxy) is 1. The summed E-state index contributed by atoms with van der Waals surface area (Å²) in [6.45, 7) is 3.49. The van der Waals surface area contributed by atoms with Gasteiger partial charge in [-0.1, -0.05) is 6.07 Å². The first-order valence-electron chi connectivity index (χ1n) is 6.37. The average molecular weight is 263 g/mol. The Labute approximate surface area is 111 Å². The predicted molar refractivity (Wildman–Crippen MR) is 70.6 cm³/mol. The van der Waals surface area contributed by atoms with Crippen LogP contribution in [0.4, 0.5) is 5.69 Å². The Bertz CT molecular complexity index is 498. The van der Waals surface area contributed by atoms with Crippen molar-refractivity contribution in [2.45, 2.75) is 19.8 Å². The first-order valence-corrected chi connectivity index (χ1v) is 6.37. The smallest absolute Gasteiger partial charge is 0.335 e. The minimum Gasteiger partial charge on any atom is -0.478 e. The molecule has 0 aliphatic carbocycles. The molecule has 2 rings (SSSR count). The minimum absolute atomic E-state index is 0.0188. The predicted octanol–water partition coefficient (Wildman–Crippen LogP) is 1.70. The number of aromatic carboxylic acids is 1. The summed E-state index contributed by atoms with van der Waals surface area (Å²) in [4.78, 5) is 24.7. The Kier molecular flexibility index (Phi) is 4.16. The Morgan fingerprint density at radius 1 is 1.42 bits per heavy atom. The van der Waals surface area contributed by atoms with Crippen LogP contribution in [0.25, 0.3) is 0 Å². The Hall–Kier alpha value is -1.88. The van der Waals surface area contributed by atoms with E-state index in [1.807, 2.05) is 6.92 Å². The highest BCUT2D eigenvalue weighted by Gasteiger charge is 2.25. The van der Waals surface area contributed by atoms with E-state index in [1.54, 1.807) is 23.1 Å². The number of fused-ring (bicyclic) bond motifs is 1. The van der Waals surface area contributed by atoms with E-state index < -0.39 is 5.97 Å². The summed E-state index contributed by atoms with van der Waals surface area (Å²) in [5.74, 6) is -0.994. The van der Waals surface area contributed by atoms with E-state index in [4.69, 9.17) is 9.84 Å². The largest absolute Gasteiger partial charge is 0.478 e. The van der Waals surface area contributed by atoms with Crippen LogP contribution in [0.2, 0.25) is 0 Å². The molecular formula is C14H17NO4. The molecular weight excluding hydrogens is 246 g/mol. The summed E-state index contributed by atoms with van der Waals surface area (Å²) in [5, 5.41) is 8.99. The van der Waals surface area contributed by atoms with Crippen LogP contribution in [0, 0.1) is 0 Å². The number of benzene rings is 1. The maximum absolute atomic E-state index is 12.1. The maximum Gasteiger partial charge on any atom is 0.335 e. The van der Waals surface area contributed by atoms with Crippen molar-refractivity contribution in [3.05, 3.63) is 29.3 Å². The van der Waals surface area contributed by atoms with Crippen LogP contribution >= 0.6 is 0 Å². The number of anilines is 1. The molecule has 1 aliphatic heterocycles. The number of carbonyl (C=O) groups is 2. The molecule has 5 nitrogen and oxygen atoms in total. The Morgan fingerprint density at radius 2 is 2.21 bits per heavy atom. The number of rotatable bonds is 5. The van der Waals surface area contributed by atoms with Crippen molar-refractivity contribution in [2.75, 3.05) is 24.7 Å². The zero-order valence-corrected chi connectivity index (χ0v) is 10.9. The van der Waals surface area contributed by atoms with E-state index >= 15 is 0 Å². The van der Waals surface area contributed by atoms with Gasteiger partial charge in [-0.2, -0.15) is 0 Å². The molecule has 0 fully saturated rings. The van der Waals surface area contributed by atoms with E-state index in [0.29, 0.717) is 26.2 Å². The number of nitrogens with zero attached hydrogens (tertiary/aromatic N) is 1. The number of amides is 1. The highest BCUT2D eigenvalue weighted by atomic mass is 16.5. The van der Waals surface area contributed by atoms with Crippen LogP contribution in [0.1, 0.15) is 29.3 Å². The molecule has 0 aromatic heterocycles. The summed E-state index contributed by atoms with van der Waals surface area (Å²) in [6, 6.07) is 4.94. The lowest BCUT2D eigenvalue weighted by Gasteiger charge is -2.17. The van der Waals surface area contributed by atoms with Crippen molar-refractivity contribution in [3.8, 4) is 0 Å². The van der Waals surface area contributed by atoms with Gasteiger partial charge in [-0.15, -0.1) is 0 Å². The average Bonchev–Trinajstić information content (AvgIpc) is 2.81. The Balaban J connectivity index is 2.13. The summed E-state index contributed by atoms with van der Waals surface area (Å²) in [5.41, 5.74) is 1.96. The minimum atomic E-state index is -0.976. The molecule has 1 aromatic carbocycles. The molecule has 1 aromatic rings. The third kappa shape index (κ3) is 2.93. The zero-order valence-electron chi connectivity index (χ0n) is 10.9. The lowest BCUT2D eigenvalue weighted by atomic mass is 10.1. The first-order chi connectivity index (χ1) is 9.13. The van der Waals surface area contributed by atoms with Gasteiger partial charge in [-0.3, -0.25) is 4.79 Å². The van der Waals surface area contributed by atoms with Crippen molar-refractivity contribution in [3.63, 3.8) is 0 Å². The van der Waals surface area contributed by atoms with Crippen molar-refractivity contribution in [1.82, 2.24) is 0 Å². The summed E-state index contributed by atoms with van der Waals surface area (Å²) in [7, 11) is 0. The molecule has 1 N–H and O–H groups in total. The van der Waals surface area contributed by atoms with E-state index in [2.05, 4.69) is 0 Å². The van der Waals surface area contributed by atoms with Crippen LogP contribution in [-0.2, 0) is 16.0 Å². The molecule has 1 amide bonds. The number of hydrogen-bond acceptors (Lipinski definition) is 3. The molecule has 0 unspecified atom stereocenters. The van der Waals surface area contributed by atoms with E-state index in [1.165, 1.54) is 0 Å². The fourth-order valence-electron chi connectivity index (χ4n) is 2.21. The van der Waals surface area contributed by atoms with Crippen molar-refractivity contribution < 1.29 is 19.4 Å². The van der Waals surface area contributed by atoms with Gasteiger partial charge in [0.05, 0.1) is 18.6 Å². The Morgan fingerprint density at radius 3 is 2.89 bits per heavy atom. The highest BCUT2D eigenvalue weighted by molar-refractivity contribution is 5.97. The van der Waals surface area contributed by atoms with Gasteiger partial charge in [0.25, 0.3) is 0 Å². The first kappa shape index (κ1) is 13.5. The van der Waals surface area contributed by atoms with E-state index in [-0.39, 0.29) is 11.5 Å². The van der Waals surface area contributed by atoms with Crippen molar-refractivity contribution in [1.29, 1.82) is 0 Å². The van der Waals surface area contributed by atoms with Gasteiger partial charge >= 0.3 is 5.97 Å². The molecule has 0 saturated carbocycles. The number of carboxylic acid groups (broad SMARTS) is 1. The number of carbonyl (C=O) groups excluding carboxylic acids is 1. The van der Waals surface area contributed by atoms with Gasteiger partial charge < -0.3 is 14.7 Å². The lowest BCUT2D eigenvalue weighted by molar-refractivity contribution is -0.119. The molecule has 102 valence electrons. The second kappa shape index (κ2) is 5.84. The van der Waals surface area contributed by atoms with Crippen LogP contribution < -0.4 is 4.90 Å². The van der Waals surface area contributed by atoms with Crippen LogP contribution in [0.3, 0.4) is 0 Å². The van der Waals surface area contributed by atoms with Gasteiger partial charge in [0.1, 0.15) is 0 Å². The number of carboxylic acids is 1. The normalized spacial score (nSPS) is 13.4. The highest BCUT2D eigenvalue weighted by Crippen LogP contribution is 2.29. The van der Waals surface area contributed by atoms with Gasteiger partial charge in [-0.05, 0) is 31.0 Å². The summed E-state index contributed by atoms with van der Waals surface area (Å²) >= 11 is 0. The molecule has 0 bridgehead atoms. The van der Waals surface area contributed by atoms with Crippen LogP contribution in [-0.4, -0.2) is 36.7 Å². The van der Waals surface area contributed by atoms with E-state index in [9.17, 15) is 9.59 Å². The second-order valence-corrected chi connectivity index (χ2v) is 4.39. The third-order valence-electron chi connectivity index (χ3n) is 3.19. The molecule has 1 heterocycles. The fraction of sp³-hybridized carbons (Fsp3) is 0.429. The second-order valence-electron chi connectivity index (χ2n) is 4.39. The molecule has 1 aliphatic rings. The van der Waals surface area contributed by atoms with Gasteiger partial charge in [0.2, 0.25) is 5.91 Å². The van der Waals surface area contributed by atoms with Crippen LogP contribution in [0.5, 0.6) is 0 Å². The molecule has 0 radical (unpaired) electrons. The maximum atomic E-state index is 12.1. The SMILES string of the molecule is CCOCCC(=O)N1CCc2ccc(C(=O)O)cc21. The van der Waals surface area contributed by atoms with Gasteiger partial charge in [-0.25, -0.2) is 4.79 Å². The van der Waals surface area contributed by atoms with E-state index in [0.717, 1.165) is 17.7 Å². The molecule has 0 atom stereocenters. The zero-order chi connectivity index (χ0) is 13.8.